The zero-order valence-electron chi connectivity index (χ0n) is 12.3. The van der Waals surface area contributed by atoms with E-state index in [2.05, 4.69) is 10.6 Å². The SMILES string of the molecule is CNC(=O)C(CC(C)C)NC(=O)c1ccc(F)c(C)c1. The summed E-state index contributed by atoms with van der Waals surface area (Å²) < 4.78 is 13.2. The third-order valence-corrected chi connectivity index (χ3v) is 3.00. The number of likely N-dealkylation sites (N-methyl/N-ethyl adjacent to an activating group) is 1. The minimum absolute atomic E-state index is 0.231. The van der Waals surface area contributed by atoms with Crippen molar-refractivity contribution in [2.24, 2.45) is 5.92 Å². The van der Waals surface area contributed by atoms with E-state index in [1.165, 1.54) is 25.2 Å². The van der Waals surface area contributed by atoms with Crippen molar-refractivity contribution in [1.29, 1.82) is 0 Å². The van der Waals surface area contributed by atoms with E-state index >= 15 is 0 Å². The van der Waals surface area contributed by atoms with Gasteiger partial charge in [0.05, 0.1) is 0 Å². The Kier molecular flexibility index (Phi) is 5.67. The summed E-state index contributed by atoms with van der Waals surface area (Å²) in [5.74, 6) is -0.688. The molecule has 0 radical (unpaired) electrons. The molecule has 0 bridgehead atoms. The van der Waals surface area contributed by atoms with Crippen LogP contribution in [0.5, 0.6) is 0 Å². The highest BCUT2D eigenvalue weighted by atomic mass is 19.1. The molecule has 0 fully saturated rings. The minimum atomic E-state index is -0.585. The summed E-state index contributed by atoms with van der Waals surface area (Å²) in [6.07, 6.45) is 0.547. The predicted octanol–water partition coefficient (Wildman–Crippen LogP) is 2.02. The summed E-state index contributed by atoms with van der Waals surface area (Å²) in [7, 11) is 1.53. The van der Waals surface area contributed by atoms with Gasteiger partial charge in [-0.05, 0) is 43.0 Å². The molecule has 0 aliphatic carbocycles. The molecule has 1 unspecified atom stereocenters. The molecule has 1 rings (SSSR count). The van der Waals surface area contributed by atoms with E-state index in [0.717, 1.165) is 0 Å². The van der Waals surface area contributed by atoms with Crippen LogP contribution in [-0.2, 0) is 4.79 Å². The molecule has 20 heavy (non-hydrogen) atoms. The second kappa shape index (κ2) is 7.03. The summed E-state index contributed by atoms with van der Waals surface area (Å²) in [4.78, 5) is 23.9. The first-order valence-corrected chi connectivity index (χ1v) is 6.63. The summed E-state index contributed by atoms with van der Waals surface area (Å²) in [6.45, 7) is 5.55. The Hall–Kier alpha value is -1.91. The van der Waals surface area contributed by atoms with E-state index in [9.17, 15) is 14.0 Å². The average molecular weight is 280 g/mol. The largest absolute Gasteiger partial charge is 0.357 e. The van der Waals surface area contributed by atoms with Crippen LogP contribution in [-0.4, -0.2) is 24.9 Å². The molecule has 0 spiro atoms. The molecule has 5 heteroatoms. The second-order valence-corrected chi connectivity index (χ2v) is 5.23. The van der Waals surface area contributed by atoms with E-state index in [1.54, 1.807) is 6.92 Å². The third kappa shape index (κ3) is 4.33. The first-order valence-electron chi connectivity index (χ1n) is 6.63. The quantitative estimate of drug-likeness (QED) is 0.867. The Balaban J connectivity index is 2.84. The summed E-state index contributed by atoms with van der Waals surface area (Å²) in [6, 6.07) is 3.55. The summed E-state index contributed by atoms with van der Waals surface area (Å²) in [5.41, 5.74) is 0.750. The van der Waals surface area contributed by atoms with Gasteiger partial charge in [-0.15, -0.1) is 0 Å². The van der Waals surface area contributed by atoms with Gasteiger partial charge < -0.3 is 10.6 Å². The molecule has 0 heterocycles. The highest BCUT2D eigenvalue weighted by Crippen LogP contribution is 2.11. The van der Waals surface area contributed by atoms with E-state index in [4.69, 9.17) is 0 Å². The lowest BCUT2D eigenvalue weighted by atomic mass is 10.0. The fraction of sp³-hybridized carbons (Fsp3) is 0.467. The van der Waals surface area contributed by atoms with Gasteiger partial charge in [-0.1, -0.05) is 13.8 Å². The standard InChI is InChI=1S/C15H21FN2O2/c1-9(2)7-13(15(20)17-4)18-14(19)11-5-6-12(16)10(3)8-11/h5-6,8-9,13H,7H2,1-4H3,(H,17,20)(H,18,19). The van der Waals surface area contributed by atoms with Gasteiger partial charge >= 0.3 is 0 Å². The monoisotopic (exact) mass is 280 g/mol. The first-order chi connectivity index (χ1) is 9.35. The number of hydrogen-bond acceptors (Lipinski definition) is 2. The molecular weight excluding hydrogens is 259 g/mol. The summed E-state index contributed by atoms with van der Waals surface area (Å²) in [5, 5.41) is 5.22. The Morgan fingerprint density at radius 1 is 1.30 bits per heavy atom. The number of hydrogen-bond donors (Lipinski definition) is 2. The maximum absolute atomic E-state index is 13.2. The molecule has 110 valence electrons. The maximum Gasteiger partial charge on any atom is 0.251 e. The van der Waals surface area contributed by atoms with Crippen LogP contribution in [0, 0.1) is 18.7 Å². The van der Waals surface area contributed by atoms with Gasteiger partial charge in [0.1, 0.15) is 11.9 Å². The third-order valence-electron chi connectivity index (χ3n) is 3.00. The fourth-order valence-corrected chi connectivity index (χ4v) is 1.90. The van der Waals surface area contributed by atoms with Gasteiger partial charge in [0.15, 0.2) is 0 Å². The lowest BCUT2D eigenvalue weighted by molar-refractivity contribution is -0.122. The molecule has 0 saturated carbocycles. The highest BCUT2D eigenvalue weighted by Gasteiger charge is 2.21. The number of benzene rings is 1. The van der Waals surface area contributed by atoms with E-state index in [1.807, 2.05) is 13.8 Å². The van der Waals surface area contributed by atoms with Gasteiger partial charge in [-0.2, -0.15) is 0 Å². The number of nitrogens with one attached hydrogen (secondary N) is 2. The molecule has 1 aromatic carbocycles. The number of rotatable bonds is 5. The molecule has 1 atom stereocenters. The van der Waals surface area contributed by atoms with Crippen LogP contribution in [0.4, 0.5) is 4.39 Å². The van der Waals surface area contributed by atoms with Gasteiger partial charge in [-0.3, -0.25) is 9.59 Å². The van der Waals surface area contributed by atoms with Crippen LogP contribution in [0.2, 0.25) is 0 Å². The van der Waals surface area contributed by atoms with Crippen LogP contribution >= 0.6 is 0 Å². The predicted molar refractivity (Wildman–Crippen MR) is 75.9 cm³/mol. The number of carbonyl (C=O) groups excluding carboxylic acids is 2. The van der Waals surface area contributed by atoms with E-state index < -0.39 is 6.04 Å². The van der Waals surface area contributed by atoms with Crippen molar-refractivity contribution in [2.75, 3.05) is 7.05 Å². The Morgan fingerprint density at radius 2 is 1.95 bits per heavy atom. The van der Waals surface area contributed by atoms with E-state index in [0.29, 0.717) is 17.5 Å². The number of amides is 2. The molecule has 0 aromatic heterocycles. The molecule has 2 N–H and O–H groups in total. The topological polar surface area (TPSA) is 58.2 Å². The molecule has 2 amide bonds. The molecule has 4 nitrogen and oxygen atoms in total. The van der Waals surface area contributed by atoms with Gasteiger partial charge in [0.2, 0.25) is 5.91 Å². The van der Waals surface area contributed by atoms with Gasteiger partial charge in [0, 0.05) is 12.6 Å². The second-order valence-electron chi connectivity index (χ2n) is 5.23. The Labute approximate surface area is 118 Å². The average Bonchev–Trinajstić information content (AvgIpc) is 2.39. The zero-order chi connectivity index (χ0) is 15.3. The van der Waals surface area contributed by atoms with Crippen molar-refractivity contribution in [2.45, 2.75) is 33.2 Å². The minimum Gasteiger partial charge on any atom is -0.357 e. The van der Waals surface area contributed by atoms with Crippen LogP contribution in [0.15, 0.2) is 18.2 Å². The zero-order valence-corrected chi connectivity index (χ0v) is 12.3. The van der Waals surface area contributed by atoms with Gasteiger partial charge in [-0.25, -0.2) is 4.39 Å². The van der Waals surface area contributed by atoms with Crippen molar-refractivity contribution < 1.29 is 14.0 Å². The molecule has 0 aliphatic heterocycles. The lowest BCUT2D eigenvalue weighted by Crippen LogP contribution is -2.46. The number of carbonyl (C=O) groups is 2. The lowest BCUT2D eigenvalue weighted by Gasteiger charge is -2.19. The van der Waals surface area contributed by atoms with E-state index in [-0.39, 0.29) is 23.5 Å². The maximum atomic E-state index is 13.2. The van der Waals surface area contributed by atoms with Crippen LogP contribution in [0.3, 0.4) is 0 Å². The molecule has 1 aromatic rings. The number of halogens is 1. The van der Waals surface area contributed by atoms with Crippen LogP contribution in [0.1, 0.15) is 36.2 Å². The van der Waals surface area contributed by atoms with Crippen molar-refractivity contribution in [3.05, 3.63) is 35.1 Å². The molecular formula is C15H21FN2O2. The molecule has 0 saturated heterocycles. The Bertz CT molecular complexity index is 501. The van der Waals surface area contributed by atoms with Crippen LogP contribution < -0.4 is 10.6 Å². The van der Waals surface area contributed by atoms with Crippen molar-refractivity contribution in [1.82, 2.24) is 10.6 Å². The normalized spacial score (nSPS) is 12.1. The number of aryl methyl sites for hydroxylation is 1. The first kappa shape index (κ1) is 16.1. The smallest absolute Gasteiger partial charge is 0.251 e. The van der Waals surface area contributed by atoms with Crippen LogP contribution in [0.25, 0.3) is 0 Å². The highest BCUT2D eigenvalue weighted by molar-refractivity contribution is 5.97. The fourth-order valence-electron chi connectivity index (χ4n) is 1.90. The van der Waals surface area contributed by atoms with Crippen molar-refractivity contribution in [3.63, 3.8) is 0 Å². The van der Waals surface area contributed by atoms with Crippen molar-refractivity contribution in [3.8, 4) is 0 Å². The van der Waals surface area contributed by atoms with Gasteiger partial charge in [0.25, 0.3) is 5.91 Å². The Morgan fingerprint density at radius 3 is 2.45 bits per heavy atom. The summed E-state index contributed by atoms with van der Waals surface area (Å²) >= 11 is 0. The molecule has 0 aliphatic rings. The van der Waals surface area contributed by atoms with Crippen molar-refractivity contribution >= 4 is 11.8 Å².